The molecule has 17 aromatic carbocycles. The van der Waals surface area contributed by atoms with E-state index in [9.17, 15) is 0 Å². The van der Waals surface area contributed by atoms with Crippen molar-refractivity contribution in [3.8, 4) is 135 Å². The molecule has 102 heavy (non-hydrogen) atoms. The maximum atomic E-state index is 5.40. The largest absolute Gasteiger partial charge is 0.208 e. The maximum absolute atomic E-state index is 5.40. The SMILES string of the molecule is c1ccc(-c2ccc(-c3c4ccccc4c(-c4cccc(-c5nc(-c6ccccc6)nc(-c6ccc7ccccc7c6)n5)c4)c4cc(-c5ccc(-c6nc(-c7cccc(-c8c9ccccc9c(-c9ccccc9)c9ccccc89)c7)nc(-c7ccc8ccccc8c7)n6)cc5)ccc34)cc2)cc1. The number of rotatable bonds is 12. The van der Waals surface area contributed by atoms with E-state index >= 15 is 0 Å². The minimum absolute atomic E-state index is 0.580. The number of aromatic nitrogens is 6. The molecule has 0 radical (unpaired) electrons. The van der Waals surface area contributed by atoms with Crippen LogP contribution in [0.3, 0.4) is 0 Å². The first-order valence-electron chi connectivity index (χ1n) is 34.6. The monoisotopic (exact) mass is 1300 g/mol. The van der Waals surface area contributed by atoms with Crippen LogP contribution in [0.1, 0.15) is 0 Å². The zero-order valence-electron chi connectivity index (χ0n) is 55.3. The van der Waals surface area contributed by atoms with E-state index in [2.05, 4.69) is 346 Å². The molecule has 0 spiro atoms. The van der Waals surface area contributed by atoms with E-state index in [4.69, 9.17) is 29.9 Å². The van der Waals surface area contributed by atoms with Gasteiger partial charge < -0.3 is 0 Å². The second kappa shape index (κ2) is 25.3. The highest BCUT2D eigenvalue weighted by atomic mass is 15.0. The number of benzene rings is 17. The van der Waals surface area contributed by atoms with Crippen molar-refractivity contribution in [3.05, 3.63) is 364 Å². The van der Waals surface area contributed by atoms with Crippen LogP contribution in [0.5, 0.6) is 0 Å². The van der Waals surface area contributed by atoms with E-state index in [1.807, 2.05) is 18.2 Å². The van der Waals surface area contributed by atoms with Crippen molar-refractivity contribution >= 4 is 64.6 Å². The molecule has 0 aliphatic carbocycles. The Morgan fingerprint density at radius 2 is 0.363 bits per heavy atom. The molecule has 0 atom stereocenters. The van der Waals surface area contributed by atoms with Crippen LogP contribution in [0.25, 0.3) is 200 Å². The van der Waals surface area contributed by atoms with Crippen molar-refractivity contribution in [3.63, 3.8) is 0 Å². The van der Waals surface area contributed by atoms with Crippen molar-refractivity contribution < 1.29 is 0 Å². The van der Waals surface area contributed by atoms with Crippen LogP contribution in [-0.4, -0.2) is 29.9 Å². The van der Waals surface area contributed by atoms with Gasteiger partial charge in [0.25, 0.3) is 0 Å². The standard InChI is InChI=1S/C96H60N6/c1-4-22-61(23-5-1)64-42-48-67(49-43-64)88-81-38-16-19-41-84(81)90(74-33-21-35-76(59-74)93-97-91(68-28-8-3-9-29-68)98-95(101-93)77-52-46-62-24-10-12-30-70(62)56-77)86-60-72(54-55-85(86)88)65-44-50-69(51-45-65)92-99-94(102-96(100-92)78-53-47-63-25-11-13-31-71(63)57-78)75-34-20-32-73(58-75)89-82-39-17-14-36-79(82)87(66-26-6-2-7-27-66)80-37-15-18-40-83(80)89/h1-60H. The van der Waals surface area contributed by atoms with Gasteiger partial charge in [0.2, 0.25) is 0 Å². The first-order chi connectivity index (χ1) is 50.5. The lowest BCUT2D eigenvalue weighted by Crippen LogP contribution is -2.00. The Labute approximate surface area is 590 Å². The van der Waals surface area contributed by atoms with Gasteiger partial charge in [-0.15, -0.1) is 0 Å². The summed E-state index contributed by atoms with van der Waals surface area (Å²) in [5.74, 6) is 3.58. The van der Waals surface area contributed by atoms with Crippen LogP contribution >= 0.6 is 0 Å². The number of nitrogens with zero attached hydrogens (tertiary/aromatic N) is 6. The summed E-state index contributed by atoms with van der Waals surface area (Å²) in [6, 6.07) is 130. The van der Waals surface area contributed by atoms with Crippen LogP contribution in [-0.2, 0) is 0 Å². The molecule has 2 heterocycles. The molecule has 0 N–H and O–H groups in total. The van der Waals surface area contributed by atoms with Crippen molar-refractivity contribution in [2.45, 2.75) is 0 Å². The third kappa shape index (κ3) is 10.9. The van der Waals surface area contributed by atoms with E-state index in [1.54, 1.807) is 0 Å². The van der Waals surface area contributed by atoms with Crippen LogP contribution in [0.15, 0.2) is 364 Å². The van der Waals surface area contributed by atoms with Gasteiger partial charge in [-0.2, -0.15) is 0 Å². The van der Waals surface area contributed by atoms with Gasteiger partial charge in [-0.25, -0.2) is 29.9 Å². The minimum atomic E-state index is 0.580. The summed E-state index contributed by atoms with van der Waals surface area (Å²) in [7, 11) is 0. The summed E-state index contributed by atoms with van der Waals surface area (Å²) in [6.45, 7) is 0. The van der Waals surface area contributed by atoms with Crippen molar-refractivity contribution in [2.75, 3.05) is 0 Å². The van der Waals surface area contributed by atoms with Gasteiger partial charge in [0.1, 0.15) is 0 Å². The van der Waals surface area contributed by atoms with Gasteiger partial charge >= 0.3 is 0 Å². The molecule has 6 nitrogen and oxygen atoms in total. The van der Waals surface area contributed by atoms with E-state index in [0.29, 0.717) is 34.9 Å². The zero-order valence-corrected chi connectivity index (χ0v) is 55.3. The Hall–Kier alpha value is -13.7. The lowest BCUT2D eigenvalue weighted by molar-refractivity contribution is 1.07. The lowest BCUT2D eigenvalue weighted by atomic mass is 9.84. The average molecular weight is 1300 g/mol. The second-order valence-corrected chi connectivity index (χ2v) is 26.0. The fourth-order valence-electron chi connectivity index (χ4n) is 15.0. The van der Waals surface area contributed by atoms with Gasteiger partial charge in [0.05, 0.1) is 0 Å². The number of hydrogen-bond acceptors (Lipinski definition) is 6. The molecule has 0 saturated heterocycles. The first-order valence-corrected chi connectivity index (χ1v) is 34.6. The molecule has 0 unspecified atom stereocenters. The highest BCUT2D eigenvalue weighted by molar-refractivity contribution is 6.23. The smallest absolute Gasteiger partial charge is 0.164 e. The predicted molar refractivity (Wildman–Crippen MR) is 423 cm³/mol. The van der Waals surface area contributed by atoms with Gasteiger partial charge in [-0.3, -0.25) is 0 Å². The summed E-state index contributed by atoms with van der Waals surface area (Å²) in [6.07, 6.45) is 0. The van der Waals surface area contributed by atoms with E-state index in [-0.39, 0.29) is 0 Å². The maximum Gasteiger partial charge on any atom is 0.164 e. The third-order valence-corrected chi connectivity index (χ3v) is 19.9. The Morgan fingerprint density at radius 1 is 0.118 bits per heavy atom. The highest BCUT2D eigenvalue weighted by Gasteiger charge is 2.23. The summed E-state index contributed by atoms with van der Waals surface area (Å²) in [5, 5.41) is 13.9. The minimum Gasteiger partial charge on any atom is -0.208 e. The van der Waals surface area contributed by atoms with Gasteiger partial charge in [0, 0.05) is 33.4 Å². The van der Waals surface area contributed by atoms with Crippen LogP contribution in [0, 0.1) is 0 Å². The summed E-state index contributed by atoms with van der Waals surface area (Å²) in [5.41, 5.74) is 19.0. The fraction of sp³-hybridized carbons (Fsp3) is 0. The van der Waals surface area contributed by atoms with Crippen molar-refractivity contribution in [1.82, 2.24) is 29.9 Å². The van der Waals surface area contributed by atoms with Gasteiger partial charge in [0.15, 0.2) is 34.9 Å². The Morgan fingerprint density at radius 3 is 0.804 bits per heavy atom. The molecule has 0 bridgehead atoms. The average Bonchev–Trinajstić information content (AvgIpc) is 0.736. The van der Waals surface area contributed by atoms with Crippen LogP contribution < -0.4 is 0 Å². The molecule has 0 aliphatic rings. The summed E-state index contributed by atoms with van der Waals surface area (Å²) >= 11 is 0. The van der Waals surface area contributed by atoms with Crippen molar-refractivity contribution in [1.29, 1.82) is 0 Å². The topological polar surface area (TPSA) is 77.3 Å². The van der Waals surface area contributed by atoms with E-state index < -0.39 is 0 Å². The normalized spacial score (nSPS) is 11.5. The van der Waals surface area contributed by atoms with Gasteiger partial charge in [-0.05, 0) is 162 Å². The quantitative estimate of drug-likeness (QED) is 0.113. The highest BCUT2D eigenvalue weighted by Crippen LogP contribution is 2.48. The predicted octanol–water partition coefficient (Wildman–Crippen LogP) is 25.0. The van der Waals surface area contributed by atoms with Crippen LogP contribution in [0.2, 0.25) is 0 Å². The fourth-order valence-corrected chi connectivity index (χ4v) is 15.0. The lowest BCUT2D eigenvalue weighted by Gasteiger charge is -2.19. The van der Waals surface area contributed by atoms with Crippen LogP contribution in [0.4, 0.5) is 0 Å². The first kappa shape index (κ1) is 59.6. The molecular formula is C96H60N6. The van der Waals surface area contributed by atoms with Gasteiger partial charge in [-0.1, -0.05) is 334 Å². The zero-order chi connectivity index (χ0) is 67.5. The molecule has 474 valence electrons. The molecule has 19 rings (SSSR count). The van der Waals surface area contributed by atoms with E-state index in [1.165, 1.54) is 54.9 Å². The third-order valence-electron chi connectivity index (χ3n) is 19.9. The molecular weight excluding hydrogens is 1240 g/mol. The number of hydrogen-bond donors (Lipinski definition) is 0. The molecule has 0 fully saturated rings. The van der Waals surface area contributed by atoms with Crippen molar-refractivity contribution in [2.24, 2.45) is 0 Å². The second-order valence-electron chi connectivity index (χ2n) is 26.0. The molecule has 0 aliphatic heterocycles. The summed E-state index contributed by atoms with van der Waals surface area (Å²) < 4.78 is 0. The Bertz CT molecular complexity index is 6420. The van der Waals surface area contributed by atoms with E-state index in [0.717, 1.165) is 110 Å². The Balaban J connectivity index is 0.753. The number of fused-ring (bicyclic) bond motifs is 6. The Kier molecular flexibility index (Phi) is 14.8. The molecule has 0 amide bonds. The molecule has 19 aromatic rings. The molecule has 6 heteroatoms. The molecule has 0 saturated carbocycles. The molecule has 2 aromatic heterocycles. The summed E-state index contributed by atoms with van der Waals surface area (Å²) in [4.78, 5) is 31.8.